The van der Waals surface area contributed by atoms with E-state index >= 15 is 0 Å². The molecule has 16 heavy (non-hydrogen) atoms. The summed E-state index contributed by atoms with van der Waals surface area (Å²) in [4.78, 5) is 11.4. The Morgan fingerprint density at radius 2 is 1.94 bits per heavy atom. The third kappa shape index (κ3) is 6.76. The first-order chi connectivity index (χ1) is 7.45. The molecule has 0 heterocycles. The van der Waals surface area contributed by atoms with Crippen LogP contribution in [0.3, 0.4) is 0 Å². The number of amides is 1. The minimum absolute atomic E-state index is 0.0811. The number of aliphatic hydroxyl groups is 2. The van der Waals surface area contributed by atoms with E-state index in [-0.39, 0.29) is 31.6 Å². The highest BCUT2D eigenvalue weighted by molar-refractivity contribution is 5.78. The van der Waals surface area contributed by atoms with Crippen LogP contribution in [0.2, 0.25) is 0 Å². The molecule has 0 saturated carbocycles. The Bertz CT molecular complexity index is 203. The summed E-state index contributed by atoms with van der Waals surface area (Å²) in [5, 5.41) is 23.9. The van der Waals surface area contributed by atoms with Gasteiger partial charge in [0.2, 0.25) is 5.91 Å². The van der Waals surface area contributed by atoms with Crippen molar-refractivity contribution < 1.29 is 15.0 Å². The van der Waals surface area contributed by atoms with Crippen LogP contribution in [0, 0.1) is 0 Å². The SMILES string of the molecule is CCC(CC)NC(=O)CNCC(C)(O)CO. The summed E-state index contributed by atoms with van der Waals surface area (Å²) in [7, 11) is 0. The molecule has 0 aromatic carbocycles. The van der Waals surface area contributed by atoms with E-state index in [1.807, 2.05) is 13.8 Å². The quantitative estimate of drug-likeness (QED) is 0.460. The van der Waals surface area contributed by atoms with Crippen molar-refractivity contribution in [3.05, 3.63) is 0 Å². The number of hydrogen-bond donors (Lipinski definition) is 4. The van der Waals surface area contributed by atoms with Crippen LogP contribution in [0.15, 0.2) is 0 Å². The van der Waals surface area contributed by atoms with Gasteiger partial charge in [0.1, 0.15) is 0 Å². The van der Waals surface area contributed by atoms with Gasteiger partial charge in [-0.3, -0.25) is 4.79 Å². The van der Waals surface area contributed by atoms with Crippen molar-refractivity contribution in [1.29, 1.82) is 0 Å². The van der Waals surface area contributed by atoms with Crippen LogP contribution in [0.5, 0.6) is 0 Å². The fourth-order valence-electron chi connectivity index (χ4n) is 1.27. The molecule has 96 valence electrons. The van der Waals surface area contributed by atoms with Gasteiger partial charge in [-0.2, -0.15) is 0 Å². The lowest BCUT2D eigenvalue weighted by atomic mass is 10.1. The molecule has 0 aromatic heterocycles. The van der Waals surface area contributed by atoms with Crippen molar-refractivity contribution in [2.45, 2.75) is 45.3 Å². The van der Waals surface area contributed by atoms with Gasteiger partial charge in [0.05, 0.1) is 18.8 Å². The zero-order chi connectivity index (χ0) is 12.6. The molecule has 1 atom stereocenters. The van der Waals surface area contributed by atoms with Gasteiger partial charge in [-0.1, -0.05) is 13.8 Å². The standard InChI is InChI=1S/C11H24N2O3/c1-4-9(5-2)13-10(15)6-12-7-11(3,16)8-14/h9,12,14,16H,4-8H2,1-3H3,(H,13,15). The normalized spacial score (nSPS) is 14.9. The van der Waals surface area contributed by atoms with Crippen molar-refractivity contribution in [2.75, 3.05) is 19.7 Å². The zero-order valence-corrected chi connectivity index (χ0v) is 10.4. The molecule has 1 unspecified atom stereocenters. The lowest BCUT2D eigenvalue weighted by molar-refractivity contribution is -0.121. The maximum absolute atomic E-state index is 11.4. The average molecular weight is 232 g/mol. The van der Waals surface area contributed by atoms with Gasteiger partial charge < -0.3 is 20.8 Å². The number of carbonyl (C=O) groups is 1. The third-order valence-electron chi connectivity index (χ3n) is 2.48. The van der Waals surface area contributed by atoms with E-state index < -0.39 is 5.60 Å². The predicted octanol–water partition coefficient (Wildman–Crippen LogP) is -0.376. The predicted molar refractivity (Wildman–Crippen MR) is 63.1 cm³/mol. The molecule has 5 nitrogen and oxygen atoms in total. The fourth-order valence-corrected chi connectivity index (χ4v) is 1.27. The van der Waals surface area contributed by atoms with Crippen LogP contribution >= 0.6 is 0 Å². The molecule has 0 rings (SSSR count). The first-order valence-electron chi connectivity index (χ1n) is 5.78. The first kappa shape index (κ1) is 15.3. The second-order valence-corrected chi connectivity index (χ2v) is 4.34. The topological polar surface area (TPSA) is 81.6 Å². The second-order valence-electron chi connectivity index (χ2n) is 4.34. The second kappa shape index (κ2) is 7.60. The molecule has 0 radical (unpaired) electrons. The van der Waals surface area contributed by atoms with Crippen LogP contribution in [0.25, 0.3) is 0 Å². The van der Waals surface area contributed by atoms with Crippen LogP contribution in [0.4, 0.5) is 0 Å². The molecule has 0 aliphatic heterocycles. The molecule has 0 saturated heterocycles. The van der Waals surface area contributed by atoms with Crippen molar-refractivity contribution >= 4 is 5.91 Å². The maximum Gasteiger partial charge on any atom is 0.234 e. The molecule has 5 heteroatoms. The highest BCUT2D eigenvalue weighted by Crippen LogP contribution is 1.98. The number of rotatable bonds is 8. The van der Waals surface area contributed by atoms with Gasteiger partial charge >= 0.3 is 0 Å². The van der Waals surface area contributed by atoms with E-state index in [0.29, 0.717) is 0 Å². The Hall–Kier alpha value is -0.650. The van der Waals surface area contributed by atoms with Crippen molar-refractivity contribution in [3.63, 3.8) is 0 Å². The lowest BCUT2D eigenvalue weighted by Crippen LogP contribution is -2.46. The highest BCUT2D eigenvalue weighted by atomic mass is 16.3. The molecule has 0 bridgehead atoms. The Kier molecular flexibility index (Phi) is 7.29. The van der Waals surface area contributed by atoms with Gasteiger partial charge in [0, 0.05) is 12.6 Å². The van der Waals surface area contributed by atoms with Gasteiger partial charge in [-0.15, -0.1) is 0 Å². The largest absolute Gasteiger partial charge is 0.393 e. The van der Waals surface area contributed by atoms with E-state index in [1.54, 1.807) is 0 Å². The molecule has 4 N–H and O–H groups in total. The first-order valence-corrected chi connectivity index (χ1v) is 5.78. The van der Waals surface area contributed by atoms with Crippen molar-refractivity contribution in [1.82, 2.24) is 10.6 Å². The van der Waals surface area contributed by atoms with E-state index in [1.165, 1.54) is 6.92 Å². The zero-order valence-electron chi connectivity index (χ0n) is 10.4. The van der Waals surface area contributed by atoms with Crippen molar-refractivity contribution in [3.8, 4) is 0 Å². The van der Waals surface area contributed by atoms with Gasteiger partial charge in [0.15, 0.2) is 0 Å². The van der Waals surface area contributed by atoms with Crippen LogP contribution < -0.4 is 10.6 Å². The lowest BCUT2D eigenvalue weighted by Gasteiger charge is -2.21. The Morgan fingerprint density at radius 1 is 1.38 bits per heavy atom. The minimum Gasteiger partial charge on any atom is -0.393 e. The monoisotopic (exact) mass is 232 g/mol. The summed E-state index contributed by atoms with van der Waals surface area (Å²) >= 11 is 0. The molecular weight excluding hydrogens is 208 g/mol. The summed E-state index contributed by atoms with van der Waals surface area (Å²) in [6, 6.07) is 0.215. The van der Waals surface area contributed by atoms with Gasteiger partial charge in [0.25, 0.3) is 0 Å². The van der Waals surface area contributed by atoms with Crippen LogP contribution in [-0.4, -0.2) is 47.5 Å². The molecular formula is C11H24N2O3. The molecule has 0 spiro atoms. The summed E-state index contributed by atoms with van der Waals surface area (Å²) in [5.41, 5.74) is -1.17. The van der Waals surface area contributed by atoms with Gasteiger partial charge in [-0.25, -0.2) is 0 Å². The van der Waals surface area contributed by atoms with E-state index in [2.05, 4.69) is 10.6 Å². The molecule has 0 aliphatic rings. The molecule has 0 aromatic rings. The molecule has 1 amide bonds. The number of hydrogen-bond acceptors (Lipinski definition) is 4. The number of carbonyl (C=O) groups excluding carboxylic acids is 1. The minimum atomic E-state index is -1.17. The van der Waals surface area contributed by atoms with E-state index in [9.17, 15) is 9.90 Å². The summed E-state index contributed by atoms with van der Waals surface area (Å²) in [6.45, 7) is 5.59. The smallest absolute Gasteiger partial charge is 0.234 e. The van der Waals surface area contributed by atoms with Crippen LogP contribution in [0.1, 0.15) is 33.6 Å². The van der Waals surface area contributed by atoms with Crippen molar-refractivity contribution in [2.24, 2.45) is 0 Å². The molecule has 0 aliphatic carbocycles. The number of aliphatic hydroxyl groups excluding tert-OH is 1. The average Bonchev–Trinajstić information content (AvgIpc) is 2.25. The number of nitrogens with one attached hydrogen (secondary N) is 2. The van der Waals surface area contributed by atoms with Crippen LogP contribution in [-0.2, 0) is 4.79 Å². The summed E-state index contributed by atoms with van der Waals surface area (Å²) < 4.78 is 0. The van der Waals surface area contributed by atoms with Gasteiger partial charge in [-0.05, 0) is 19.8 Å². The summed E-state index contributed by atoms with van der Waals surface area (Å²) in [5.74, 6) is -0.0811. The fraction of sp³-hybridized carbons (Fsp3) is 0.909. The third-order valence-corrected chi connectivity index (χ3v) is 2.48. The Labute approximate surface area is 97.2 Å². The molecule has 0 fully saturated rings. The maximum atomic E-state index is 11.4. The van der Waals surface area contributed by atoms with E-state index in [0.717, 1.165) is 12.8 Å². The van der Waals surface area contributed by atoms with E-state index in [4.69, 9.17) is 5.11 Å². The highest BCUT2D eigenvalue weighted by Gasteiger charge is 2.18. The summed E-state index contributed by atoms with van der Waals surface area (Å²) in [6.07, 6.45) is 1.83. The Balaban J connectivity index is 3.74. The Morgan fingerprint density at radius 3 is 2.38 bits per heavy atom.